The molecule has 4 rings (SSSR count). The number of nitrogens with zero attached hydrogens (tertiary/aromatic N) is 4. The summed E-state index contributed by atoms with van der Waals surface area (Å²) in [5.74, 6) is -0.367. The molecule has 3 aromatic rings. The number of ether oxygens (including phenoxy) is 2. The number of rotatable bonds is 7. The lowest BCUT2D eigenvalue weighted by molar-refractivity contribution is -0.160. The van der Waals surface area contributed by atoms with Crippen molar-refractivity contribution in [1.29, 1.82) is 0 Å². The first-order valence-corrected chi connectivity index (χ1v) is 9.82. The second-order valence-electron chi connectivity index (χ2n) is 7.25. The van der Waals surface area contributed by atoms with Crippen LogP contribution in [0.3, 0.4) is 0 Å². The number of aromatic nitrogens is 4. The molecule has 5 atom stereocenters. The van der Waals surface area contributed by atoms with Crippen molar-refractivity contribution in [2.24, 2.45) is 0 Å². The van der Waals surface area contributed by atoms with Crippen LogP contribution in [0.5, 0.6) is 0 Å². The fraction of sp³-hybridized carbons (Fsp3) is 0.400. The van der Waals surface area contributed by atoms with Gasteiger partial charge in [0, 0.05) is 0 Å². The number of hydrogen-bond donors (Lipinski definition) is 4. The Labute approximate surface area is 177 Å². The number of anilines is 1. The van der Waals surface area contributed by atoms with Crippen LogP contribution >= 0.6 is 0 Å². The summed E-state index contributed by atoms with van der Waals surface area (Å²) in [6.45, 7) is -0.449. The highest BCUT2D eigenvalue weighted by molar-refractivity contribution is 5.81. The molecule has 1 unspecified atom stereocenters. The van der Waals surface area contributed by atoms with Crippen LogP contribution in [0.4, 0.5) is 5.82 Å². The number of aliphatic hydroxyl groups is 2. The first-order valence-electron chi connectivity index (χ1n) is 9.82. The van der Waals surface area contributed by atoms with Crippen LogP contribution in [-0.2, 0) is 20.7 Å². The van der Waals surface area contributed by atoms with Crippen molar-refractivity contribution in [2.75, 3.05) is 19.4 Å². The molecule has 0 spiro atoms. The molecule has 5 N–H and O–H groups in total. The van der Waals surface area contributed by atoms with Crippen LogP contribution in [0.1, 0.15) is 11.8 Å². The quantitative estimate of drug-likeness (QED) is 0.358. The third-order valence-corrected chi connectivity index (χ3v) is 5.32. The number of nitrogens with one attached hydrogen (secondary N) is 1. The molecule has 0 saturated carbocycles. The van der Waals surface area contributed by atoms with Gasteiger partial charge in [-0.1, -0.05) is 30.3 Å². The van der Waals surface area contributed by atoms with Gasteiger partial charge in [0.2, 0.25) is 0 Å². The molecule has 0 aliphatic carbocycles. The van der Waals surface area contributed by atoms with Crippen LogP contribution in [-0.4, -0.2) is 73.7 Å². The predicted molar refractivity (Wildman–Crippen MR) is 110 cm³/mol. The van der Waals surface area contributed by atoms with Crippen LogP contribution in [0.25, 0.3) is 11.2 Å². The number of esters is 1. The van der Waals surface area contributed by atoms with Gasteiger partial charge in [0.05, 0.1) is 12.9 Å². The van der Waals surface area contributed by atoms with Gasteiger partial charge in [0.15, 0.2) is 23.8 Å². The van der Waals surface area contributed by atoms with Crippen molar-refractivity contribution in [3.05, 3.63) is 48.5 Å². The summed E-state index contributed by atoms with van der Waals surface area (Å²) in [7, 11) is 1.66. The Morgan fingerprint density at radius 3 is 2.81 bits per heavy atom. The highest BCUT2D eigenvalue weighted by Crippen LogP contribution is 2.34. The number of aliphatic hydroxyl groups excluding tert-OH is 2. The fourth-order valence-electron chi connectivity index (χ4n) is 3.65. The minimum absolute atomic E-state index is 0.188. The zero-order valence-corrected chi connectivity index (χ0v) is 16.8. The van der Waals surface area contributed by atoms with Gasteiger partial charge in [-0.2, -0.15) is 0 Å². The number of fused-ring (bicyclic) bond motifs is 1. The van der Waals surface area contributed by atoms with E-state index in [9.17, 15) is 15.0 Å². The monoisotopic (exact) mass is 428 g/mol. The van der Waals surface area contributed by atoms with E-state index in [4.69, 9.17) is 15.2 Å². The summed E-state index contributed by atoms with van der Waals surface area (Å²) in [6.07, 6.45) is -1.12. The number of likely N-dealkylation sites (N-methyl/N-ethyl adjacent to an activating group) is 1. The molecule has 1 fully saturated rings. The van der Waals surface area contributed by atoms with Crippen LogP contribution in [0.2, 0.25) is 0 Å². The summed E-state index contributed by atoms with van der Waals surface area (Å²) >= 11 is 0. The summed E-state index contributed by atoms with van der Waals surface area (Å²) < 4.78 is 13.0. The maximum absolute atomic E-state index is 12.9. The van der Waals surface area contributed by atoms with Crippen molar-refractivity contribution >= 4 is 23.0 Å². The van der Waals surface area contributed by atoms with Crippen LogP contribution in [0.15, 0.2) is 43.0 Å². The smallest absolute Gasteiger partial charge is 0.324 e. The molecule has 0 radical (unpaired) electrons. The largest absolute Gasteiger partial charge is 0.453 e. The maximum atomic E-state index is 12.9. The Balaban J connectivity index is 1.59. The van der Waals surface area contributed by atoms with E-state index >= 15 is 0 Å². The lowest BCUT2D eigenvalue weighted by Gasteiger charge is -2.24. The third-order valence-electron chi connectivity index (χ3n) is 5.32. The number of nitrogens with two attached hydrogens (primary N) is 1. The molecule has 1 aliphatic rings. The van der Waals surface area contributed by atoms with E-state index in [-0.39, 0.29) is 5.82 Å². The van der Waals surface area contributed by atoms with Crippen molar-refractivity contribution in [3.63, 3.8) is 0 Å². The number of carbonyl (C=O) groups excluding carboxylic acids is 1. The Bertz CT molecular complexity index is 1040. The Kier molecular flexibility index (Phi) is 6.09. The van der Waals surface area contributed by atoms with Gasteiger partial charge >= 0.3 is 5.97 Å². The molecule has 1 aromatic carbocycles. The zero-order valence-electron chi connectivity index (χ0n) is 16.8. The number of imidazole rings is 1. The number of hydrogen-bond acceptors (Lipinski definition) is 10. The Morgan fingerprint density at radius 2 is 2.10 bits per heavy atom. The molecule has 11 heteroatoms. The van der Waals surface area contributed by atoms with Crippen molar-refractivity contribution < 1.29 is 24.5 Å². The molecule has 3 heterocycles. The summed E-state index contributed by atoms with van der Waals surface area (Å²) in [5, 5.41) is 23.2. The summed E-state index contributed by atoms with van der Waals surface area (Å²) in [4.78, 5) is 25.2. The number of nitrogen functional groups attached to an aromatic ring is 1. The molecule has 0 amide bonds. The standard InChI is InChI=1S/C20H24N6O5/c1-22-12(7-11-5-3-2-4-6-11)20(29)31-16-15(28)13(8-27)30-19(16)26-10-25-14-17(21)23-9-24-18(14)26/h2-6,9-10,12-13,15-16,19,22,27-28H,7-8H2,1H3,(H2,21,23,24)/t12?,13-,15-,16-,19-/m1/s1. The van der Waals surface area contributed by atoms with Gasteiger partial charge in [0.1, 0.15) is 30.1 Å². The van der Waals surface area contributed by atoms with Gasteiger partial charge in [-0.05, 0) is 19.0 Å². The molecule has 1 aliphatic heterocycles. The summed E-state index contributed by atoms with van der Waals surface area (Å²) in [6, 6.07) is 8.87. The van der Waals surface area contributed by atoms with Crippen LogP contribution < -0.4 is 11.1 Å². The highest BCUT2D eigenvalue weighted by Gasteiger charge is 2.48. The van der Waals surface area contributed by atoms with Gasteiger partial charge < -0.3 is 30.7 Å². The van der Waals surface area contributed by atoms with E-state index in [0.717, 1.165) is 5.56 Å². The molecule has 1 saturated heterocycles. The third kappa shape index (κ3) is 4.08. The Hall–Kier alpha value is -3.12. The van der Waals surface area contributed by atoms with E-state index in [2.05, 4.69) is 20.3 Å². The minimum atomic E-state index is -1.25. The number of benzene rings is 1. The van der Waals surface area contributed by atoms with Gasteiger partial charge in [-0.15, -0.1) is 0 Å². The van der Waals surface area contributed by atoms with Crippen LogP contribution in [0, 0.1) is 0 Å². The van der Waals surface area contributed by atoms with Crippen molar-refractivity contribution in [3.8, 4) is 0 Å². The lowest BCUT2D eigenvalue weighted by Crippen LogP contribution is -2.43. The second-order valence-corrected chi connectivity index (χ2v) is 7.25. The van der Waals surface area contributed by atoms with E-state index in [1.165, 1.54) is 17.2 Å². The SMILES string of the molecule is CNC(Cc1ccccc1)C(=O)O[C@@H]1[C@H](O)[C@@H](CO)O[C@H]1n1cnc2c(N)ncnc21. The molecule has 0 bridgehead atoms. The topological polar surface area (TPSA) is 158 Å². The van der Waals surface area contributed by atoms with E-state index < -0.39 is 43.2 Å². The molecular weight excluding hydrogens is 404 g/mol. The molecule has 164 valence electrons. The second kappa shape index (κ2) is 8.94. The normalized spacial score (nSPS) is 24.4. The van der Waals surface area contributed by atoms with Gasteiger partial charge in [0.25, 0.3) is 0 Å². The van der Waals surface area contributed by atoms with Gasteiger partial charge in [-0.25, -0.2) is 15.0 Å². The average molecular weight is 428 g/mol. The van der Waals surface area contributed by atoms with Gasteiger partial charge in [-0.3, -0.25) is 9.36 Å². The van der Waals surface area contributed by atoms with Crippen molar-refractivity contribution in [1.82, 2.24) is 24.8 Å². The zero-order chi connectivity index (χ0) is 22.0. The first-order chi connectivity index (χ1) is 15.0. The molecule has 2 aromatic heterocycles. The predicted octanol–water partition coefficient (Wildman–Crippen LogP) is -0.598. The lowest BCUT2D eigenvalue weighted by atomic mass is 10.1. The maximum Gasteiger partial charge on any atom is 0.324 e. The molecule has 11 nitrogen and oxygen atoms in total. The molecule has 31 heavy (non-hydrogen) atoms. The fourth-order valence-corrected chi connectivity index (χ4v) is 3.65. The first kappa shape index (κ1) is 21.1. The van der Waals surface area contributed by atoms with E-state index in [0.29, 0.717) is 17.6 Å². The van der Waals surface area contributed by atoms with Crippen molar-refractivity contribution in [2.45, 2.75) is 37.0 Å². The summed E-state index contributed by atoms with van der Waals surface area (Å²) in [5.41, 5.74) is 7.52. The highest BCUT2D eigenvalue weighted by atomic mass is 16.6. The van der Waals surface area contributed by atoms with E-state index in [1.54, 1.807) is 7.05 Å². The van der Waals surface area contributed by atoms with E-state index in [1.807, 2.05) is 30.3 Å². The number of carbonyl (C=O) groups is 1. The Morgan fingerprint density at radius 1 is 1.32 bits per heavy atom. The molecular formula is C20H24N6O5. The average Bonchev–Trinajstić information content (AvgIpc) is 3.35. The minimum Gasteiger partial charge on any atom is -0.453 e.